The summed E-state index contributed by atoms with van der Waals surface area (Å²) in [5.41, 5.74) is 0. The lowest BCUT2D eigenvalue weighted by molar-refractivity contribution is 0.308. The van der Waals surface area contributed by atoms with Crippen molar-refractivity contribution in [3.63, 3.8) is 0 Å². The molecule has 2 heteroatoms. The summed E-state index contributed by atoms with van der Waals surface area (Å²) in [6, 6.07) is 0. The molecule has 0 fully saturated rings. The molecule has 0 unspecified atom stereocenters. The molecule has 0 spiro atoms. The first kappa shape index (κ1) is 7.95. The second-order valence-corrected chi connectivity index (χ2v) is 1.59. The highest BCUT2D eigenvalue weighted by atomic mass is 16.5. The number of rotatable bonds is 3. The largest absolute Gasteiger partial charge is 0.445 e. The highest BCUT2D eigenvalue weighted by Crippen LogP contribution is 2.00. The van der Waals surface area contributed by atoms with Gasteiger partial charge in [0.05, 0.1) is 5.76 Å². The SMILES string of the molecule is C=C(C)OC(=C)N=CC. The quantitative estimate of drug-likeness (QED) is 0.418. The Morgan fingerprint density at radius 2 is 2.11 bits per heavy atom. The lowest BCUT2D eigenvalue weighted by Crippen LogP contribution is -1.82. The van der Waals surface area contributed by atoms with E-state index in [4.69, 9.17) is 4.74 Å². The molecule has 0 aromatic heterocycles. The van der Waals surface area contributed by atoms with Gasteiger partial charge in [0.2, 0.25) is 5.88 Å². The van der Waals surface area contributed by atoms with Crippen LogP contribution in [0.15, 0.2) is 29.8 Å². The van der Waals surface area contributed by atoms with Gasteiger partial charge >= 0.3 is 0 Å². The van der Waals surface area contributed by atoms with Crippen LogP contribution in [-0.4, -0.2) is 6.21 Å². The zero-order valence-corrected chi connectivity index (χ0v) is 5.85. The maximum Gasteiger partial charge on any atom is 0.211 e. The second kappa shape index (κ2) is 3.89. The third kappa shape index (κ3) is 4.81. The molecule has 0 aliphatic rings. The summed E-state index contributed by atoms with van der Waals surface area (Å²) >= 11 is 0. The highest BCUT2D eigenvalue weighted by Gasteiger charge is 1.86. The lowest BCUT2D eigenvalue weighted by Gasteiger charge is -1.99. The van der Waals surface area contributed by atoms with Crippen molar-refractivity contribution >= 4 is 6.21 Å². The standard InChI is InChI=1S/C7H11NO/c1-5-8-7(4)9-6(2)3/h5H,2,4H2,1,3H3. The Balaban J connectivity index is 3.64. The molecule has 0 aliphatic heterocycles. The molecule has 0 saturated heterocycles. The van der Waals surface area contributed by atoms with E-state index in [0.717, 1.165) is 0 Å². The highest BCUT2D eigenvalue weighted by molar-refractivity contribution is 5.54. The fourth-order valence-corrected chi connectivity index (χ4v) is 0.371. The molecular weight excluding hydrogens is 114 g/mol. The van der Waals surface area contributed by atoms with Crippen LogP contribution in [-0.2, 0) is 4.74 Å². The van der Waals surface area contributed by atoms with E-state index >= 15 is 0 Å². The molecule has 0 radical (unpaired) electrons. The zero-order valence-electron chi connectivity index (χ0n) is 5.85. The van der Waals surface area contributed by atoms with Gasteiger partial charge < -0.3 is 4.74 Å². The van der Waals surface area contributed by atoms with Crippen molar-refractivity contribution in [3.8, 4) is 0 Å². The van der Waals surface area contributed by atoms with Gasteiger partial charge in [0, 0.05) is 6.21 Å². The Morgan fingerprint density at radius 1 is 1.56 bits per heavy atom. The van der Waals surface area contributed by atoms with Gasteiger partial charge in [-0.2, -0.15) is 0 Å². The molecule has 0 aromatic carbocycles. The van der Waals surface area contributed by atoms with E-state index in [1.165, 1.54) is 0 Å². The molecule has 0 atom stereocenters. The molecule has 0 rings (SSSR count). The number of ether oxygens (including phenoxy) is 1. The Kier molecular flexibility index (Phi) is 3.44. The molecule has 0 aromatic rings. The molecule has 0 saturated carbocycles. The van der Waals surface area contributed by atoms with Gasteiger partial charge in [-0.05, 0) is 20.4 Å². The molecule has 0 N–H and O–H groups in total. The molecular formula is C7H11NO. The van der Waals surface area contributed by atoms with E-state index < -0.39 is 0 Å². The normalized spacial score (nSPS) is 9.56. The summed E-state index contributed by atoms with van der Waals surface area (Å²) in [7, 11) is 0. The van der Waals surface area contributed by atoms with Crippen LogP contribution in [0.25, 0.3) is 0 Å². The predicted molar refractivity (Wildman–Crippen MR) is 39.2 cm³/mol. The van der Waals surface area contributed by atoms with Gasteiger partial charge in [-0.1, -0.05) is 6.58 Å². The minimum atomic E-state index is 0.380. The van der Waals surface area contributed by atoms with Gasteiger partial charge in [-0.25, -0.2) is 4.99 Å². The van der Waals surface area contributed by atoms with Crippen LogP contribution >= 0.6 is 0 Å². The van der Waals surface area contributed by atoms with Gasteiger partial charge in [0.25, 0.3) is 0 Å². The Hall–Kier alpha value is -1.05. The fourth-order valence-electron chi connectivity index (χ4n) is 0.371. The first-order valence-electron chi connectivity index (χ1n) is 2.67. The van der Waals surface area contributed by atoms with Crippen molar-refractivity contribution < 1.29 is 4.74 Å². The molecule has 0 amide bonds. The van der Waals surface area contributed by atoms with Crippen molar-refractivity contribution in [2.45, 2.75) is 13.8 Å². The topological polar surface area (TPSA) is 21.6 Å². The monoisotopic (exact) mass is 125 g/mol. The van der Waals surface area contributed by atoms with Gasteiger partial charge in [-0.3, -0.25) is 0 Å². The van der Waals surface area contributed by atoms with E-state index in [1.54, 1.807) is 20.1 Å². The number of hydrogen-bond acceptors (Lipinski definition) is 2. The smallest absolute Gasteiger partial charge is 0.211 e. The van der Waals surface area contributed by atoms with Crippen LogP contribution in [0.5, 0.6) is 0 Å². The average molecular weight is 125 g/mol. The van der Waals surface area contributed by atoms with Crippen molar-refractivity contribution in [1.82, 2.24) is 0 Å². The van der Waals surface area contributed by atoms with E-state index in [0.29, 0.717) is 11.6 Å². The molecule has 0 heterocycles. The maximum atomic E-state index is 4.90. The van der Waals surface area contributed by atoms with Crippen LogP contribution in [0.2, 0.25) is 0 Å². The van der Waals surface area contributed by atoms with E-state index in [1.807, 2.05) is 0 Å². The van der Waals surface area contributed by atoms with Gasteiger partial charge in [-0.15, -0.1) is 0 Å². The number of allylic oxidation sites excluding steroid dienone is 1. The third-order valence-electron chi connectivity index (χ3n) is 0.565. The molecule has 2 nitrogen and oxygen atoms in total. The van der Waals surface area contributed by atoms with Crippen LogP contribution in [0.1, 0.15) is 13.8 Å². The van der Waals surface area contributed by atoms with Crippen molar-refractivity contribution in [2.24, 2.45) is 4.99 Å². The Bertz CT molecular complexity index is 147. The minimum absolute atomic E-state index is 0.380. The van der Waals surface area contributed by atoms with Crippen LogP contribution in [0, 0.1) is 0 Å². The average Bonchev–Trinajstić information content (AvgIpc) is 1.63. The predicted octanol–water partition coefficient (Wildman–Crippen LogP) is 2.10. The Morgan fingerprint density at radius 3 is 2.44 bits per heavy atom. The van der Waals surface area contributed by atoms with Crippen LogP contribution < -0.4 is 0 Å². The van der Waals surface area contributed by atoms with E-state index in [9.17, 15) is 0 Å². The van der Waals surface area contributed by atoms with Crippen molar-refractivity contribution in [3.05, 3.63) is 24.8 Å². The first-order valence-corrected chi connectivity index (χ1v) is 2.67. The summed E-state index contributed by atoms with van der Waals surface area (Å²) in [6.07, 6.45) is 1.62. The number of hydrogen-bond donors (Lipinski definition) is 0. The van der Waals surface area contributed by atoms with Gasteiger partial charge in [0.15, 0.2) is 0 Å². The fraction of sp³-hybridized carbons (Fsp3) is 0.286. The van der Waals surface area contributed by atoms with Crippen LogP contribution in [0.3, 0.4) is 0 Å². The maximum absolute atomic E-state index is 4.90. The van der Waals surface area contributed by atoms with Crippen molar-refractivity contribution in [2.75, 3.05) is 0 Å². The second-order valence-electron chi connectivity index (χ2n) is 1.59. The van der Waals surface area contributed by atoms with Gasteiger partial charge in [0.1, 0.15) is 0 Å². The summed E-state index contributed by atoms with van der Waals surface area (Å²) in [5, 5.41) is 0. The zero-order chi connectivity index (χ0) is 7.28. The van der Waals surface area contributed by atoms with Crippen LogP contribution in [0.4, 0.5) is 0 Å². The number of aliphatic imine (C=N–C) groups is 1. The summed E-state index contributed by atoms with van der Waals surface area (Å²) in [6.45, 7) is 10.6. The summed E-state index contributed by atoms with van der Waals surface area (Å²) in [5.74, 6) is 0.982. The lowest BCUT2D eigenvalue weighted by atomic mass is 10.6. The van der Waals surface area contributed by atoms with E-state index in [-0.39, 0.29) is 0 Å². The molecule has 9 heavy (non-hydrogen) atoms. The Labute approximate surface area is 55.6 Å². The minimum Gasteiger partial charge on any atom is -0.445 e. The molecule has 0 aliphatic carbocycles. The molecule has 50 valence electrons. The number of nitrogens with zero attached hydrogens (tertiary/aromatic N) is 1. The summed E-state index contributed by atoms with van der Waals surface area (Å²) in [4.78, 5) is 3.76. The third-order valence-corrected chi connectivity index (χ3v) is 0.565. The first-order chi connectivity index (χ1) is 4.16. The molecule has 0 bridgehead atoms. The van der Waals surface area contributed by atoms with Crippen molar-refractivity contribution in [1.29, 1.82) is 0 Å². The summed E-state index contributed by atoms with van der Waals surface area (Å²) < 4.78 is 4.90. The van der Waals surface area contributed by atoms with E-state index in [2.05, 4.69) is 18.2 Å².